The molecule has 2 rings (SSSR count). The van der Waals surface area contributed by atoms with E-state index in [0.29, 0.717) is 6.04 Å². The van der Waals surface area contributed by atoms with Crippen molar-refractivity contribution in [2.75, 3.05) is 13.2 Å². The maximum Gasteiger partial charge on any atom is 0.119 e. The second-order valence-corrected chi connectivity index (χ2v) is 6.77. The van der Waals surface area contributed by atoms with Gasteiger partial charge in [0.05, 0.1) is 6.61 Å². The quantitative estimate of drug-likeness (QED) is 0.722. The third kappa shape index (κ3) is 5.52. The molecule has 0 bridgehead atoms. The maximum atomic E-state index is 5.85. The van der Waals surface area contributed by atoms with Crippen LogP contribution in [-0.4, -0.2) is 19.2 Å². The summed E-state index contributed by atoms with van der Waals surface area (Å²) < 4.78 is 5.70. The van der Waals surface area contributed by atoms with E-state index in [-0.39, 0.29) is 0 Å². The summed E-state index contributed by atoms with van der Waals surface area (Å²) in [4.78, 5) is 0. The molecule has 118 valence electrons. The molecule has 0 saturated heterocycles. The Morgan fingerprint density at radius 1 is 1.14 bits per heavy atom. The summed E-state index contributed by atoms with van der Waals surface area (Å²) >= 11 is 5.85. The first-order chi connectivity index (χ1) is 10.2. The minimum absolute atomic E-state index is 0.714. The Morgan fingerprint density at radius 3 is 2.67 bits per heavy atom. The molecule has 1 aromatic rings. The van der Waals surface area contributed by atoms with Gasteiger partial charge < -0.3 is 10.1 Å². The molecule has 0 heterocycles. The number of benzene rings is 1. The Balaban J connectivity index is 1.55. The lowest BCUT2D eigenvalue weighted by Gasteiger charge is -2.34. The molecule has 0 radical (unpaired) electrons. The number of hydrogen-bond donors (Lipinski definition) is 1. The summed E-state index contributed by atoms with van der Waals surface area (Å²) in [6.45, 7) is 6.66. The van der Waals surface area contributed by atoms with E-state index < -0.39 is 0 Å². The molecule has 1 N–H and O–H groups in total. The highest BCUT2D eigenvalue weighted by Gasteiger charge is 2.26. The van der Waals surface area contributed by atoms with Gasteiger partial charge in [-0.3, -0.25) is 0 Å². The van der Waals surface area contributed by atoms with Crippen molar-refractivity contribution in [1.82, 2.24) is 5.32 Å². The minimum atomic E-state index is 0.714. The third-order valence-corrected chi connectivity index (χ3v) is 5.02. The van der Waals surface area contributed by atoms with Crippen molar-refractivity contribution in [2.45, 2.75) is 52.0 Å². The van der Waals surface area contributed by atoms with Crippen molar-refractivity contribution < 1.29 is 4.74 Å². The summed E-state index contributed by atoms with van der Waals surface area (Å²) in [7, 11) is 0. The fourth-order valence-corrected chi connectivity index (χ4v) is 3.23. The molecule has 3 heteroatoms. The number of halogens is 1. The molecule has 0 amide bonds. The smallest absolute Gasteiger partial charge is 0.119 e. The summed E-state index contributed by atoms with van der Waals surface area (Å²) in [5, 5.41) is 4.49. The lowest BCUT2D eigenvalue weighted by Crippen LogP contribution is -2.41. The molecule has 0 spiro atoms. The topological polar surface area (TPSA) is 21.3 Å². The molecule has 0 aromatic heterocycles. The van der Waals surface area contributed by atoms with Gasteiger partial charge in [0.15, 0.2) is 0 Å². The Kier molecular flexibility index (Phi) is 6.85. The Bertz CT molecular complexity index is 406. The largest absolute Gasteiger partial charge is 0.494 e. The number of nitrogens with one attached hydrogen (secondary N) is 1. The van der Waals surface area contributed by atoms with Crippen LogP contribution in [0.5, 0.6) is 5.75 Å². The highest BCUT2D eigenvalue weighted by Crippen LogP contribution is 2.29. The van der Waals surface area contributed by atoms with Crippen LogP contribution in [-0.2, 0) is 0 Å². The molecule has 1 saturated carbocycles. The van der Waals surface area contributed by atoms with E-state index in [9.17, 15) is 0 Å². The van der Waals surface area contributed by atoms with Crippen LogP contribution < -0.4 is 10.1 Å². The van der Waals surface area contributed by atoms with Crippen molar-refractivity contribution in [2.24, 2.45) is 11.8 Å². The van der Waals surface area contributed by atoms with E-state index in [2.05, 4.69) is 19.2 Å². The van der Waals surface area contributed by atoms with Crippen LogP contribution in [0.3, 0.4) is 0 Å². The van der Waals surface area contributed by atoms with Crippen molar-refractivity contribution in [3.05, 3.63) is 29.3 Å². The number of unbranched alkanes of at least 4 members (excludes halogenated alkanes) is 1. The Labute approximate surface area is 134 Å². The molecule has 2 nitrogen and oxygen atoms in total. The summed E-state index contributed by atoms with van der Waals surface area (Å²) in [5.41, 5.74) is 0. The molecule has 0 aliphatic heterocycles. The average molecular weight is 310 g/mol. The predicted octanol–water partition coefficient (Wildman–Crippen LogP) is 4.91. The van der Waals surface area contributed by atoms with E-state index in [1.54, 1.807) is 0 Å². The van der Waals surface area contributed by atoms with Gasteiger partial charge in [-0.25, -0.2) is 0 Å². The van der Waals surface area contributed by atoms with Crippen LogP contribution >= 0.6 is 11.6 Å². The second kappa shape index (κ2) is 8.65. The second-order valence-electron chi connectivity index (χ2n) is 6.34. The van der Waals surface area contributed by atoms with Crippen molar-refractivity contribution in [3.8, 4) is 5.75 Å². The van der Waals surface area contributed by atoms with Gasteiger partial charge >= 0.3 is 0 Å². The monoisotopic (exact) mass is 309 g/mol. The normalized spacial score (nSPS) is 25.8. The Morgan fingerprint density at radius 2 is 1.90 bits per heavy atom. The van der Waals surface area contributed by atoms with E-state index in [1.165, 1.54) is 25.7 Å². The first-order valence-corrected chi connectivity index (χ1v) is 8.66. The lowest BCUT2D eigenvalue weighted by atomic mass is 9.78. The molecule has 21 heavy (non-hydrogen) atoms. The van der Waals surface area contributed by atoms with Gasteiger partial charge in [-0.05, 0) is 61.9 Å². The maximum absolute atomic E-state index is 5.85. The highest BCUT2D eigenvalue weighted by atomic mass is 35.5. The van der Waals surface area contributed by atoms with Gasteiger partial charge in [0.1, 0.15) is 5.75 Å². The van der Waals surface area contributed by atoms with E-state index >= 15 is 0 Å². The zero-order valence-electron chi connectivity index (χ0n) is 13.3. The van der Waals surface area contributed by atoms with Crippen molar-refractivity contribution in [3.63, 3.8) is 0 Å². The van der Waals surface area contributed by atoms with Crippen LogP contribution in [0.1, 0.15) is 46.0 Å². The molecule has 1 aliphatic rings. The minimum Gasteiger partial charge on any atom is -0.494 e. The molecule has 1 fully saturated rings. The van der Waals surface area contributed by atoms with Gasteiger partial charge in [0.25, 0.3) is 0 Å². The number of hydrogen-bond acceptors (Lipinski definition) is 2. The molecule has 0 unspecified atom stereocenters. The van der Waals surface area contributed by atoms with Crippen LogP contribution in [0.2, 0.25) is 5.02 Å². The van der Waals surface area contributed by atoms with Gasteiger partial charge in [0.2, 0.25) is 0 Å². The van der Waals surface area contributed by atoms with Crippen molar-refractivity contribution in [1.29, 1.82) is 0 Å². The van der Waals surface area contributed by atoms with Gasteiger partial charge in [0, 0.05) is 11.1 Å². The highest BCUT2D eigenvalue weighted by molar-refractivity contribution is 6.30. The van der Waals surface area contributed by atoms with E-state index in [0.717, 1.165) is 42.2 Å². The van der Waals surface area contributed by atoms with E-state index in [1.807, 2.05) is 24.3 Å². The first kappa shape index (κ1) is 16.6. The van der Waals surface area contributed by atoms with Crippen molar-refractivity contribution >= 4 is 11.6 Å². The van der Waals surface area contributed by atoms with Gasteiger partial charge in [-0.2, -0.15) is 0 Å². The molecule has 1 aromatic carbocycles. The van der Waals surface area contributed by atoms with Crippen LogP contribution in [0.4, 0.5) is 0 Å². The fourth-order valence-electron chi connectivity index (χ4n) is 3.11. The van der Waals surface area contributed by atoms with E-state index in [4.69, 9.17) is 16.3 Å². The summed E-state index contributed by atoms with van der Waals surface area (Å²) in [6, 6.07) is 8.29. The summed E-state index contributed by atoms with van der Waals surface area (Å²) in [6.07, 6.45) is 6.38. The van der Waals surface area contributed by atoms with Gasteiger partial charge in [-0.1, -0.05) is 38.3 Å². The SMILES string of the molecule is C[C@@H]1[C@@H](C)CCC[C@H]1NCCCCOc1ccc(Cl)cc1. The zero-order valence-corrected chi connectivity index (χ0v) is 14.0. The predicted molar refractivity (Wildman–Crippen MR) is 90.2 cm³/mol. The molecule has 3 atom stereocenters. The van der Waals surface area contributed by atoms with Crippen LogP contribution in [0.15, 0.2) is 24.3 Å². The van der Waals surface area contributed by atoms with Crippen LogP contribution in [0, 0.1) is 11.8 Å². The number of rotatable bonds is 7. The lowest BCUT2D eigenvalue weighted by molar-refractivity contribution is 0.205. The third-order valence-electron chi connectivity index (χ3n) is 4.77. The summed E-state index contributed by atoms with van der Waals surface area (Å²) in [5.74, 6) is 2.58. The fraction of sp³-hybridized carbons (Fsp3) is 0.667. The van der Waals surface area contributed by atoms with Gasteiger partial charge in [-0.15, -0.1) is 0 Å². The van der Waals surface area contributed by atoms with Crippen LogP contribution in [0.25, 0.3) is 0 Å². The zero-order chi connectivity index (χ0) is 15.1. The molecular weight excluding hydrogens is 282 g/mol. The molecular formula is C18H28ClNO. The number of ether oxygens (including phenoxy) is 1. The standard InChI is InChI=1S/C18H28ClNO/c1-14-6-5-7-18(15(14)2)20-12-3-4-13-21-17-10-8-16(19)9-11-17/h8-11,14-15,18,20H,3-7,12-13H2,1-2H3/t14-,15+,18+/m0/s1. The Hall–Kier alpha value is -0.730. The molecule has 1 aliphatic carbocycles. The first-order valence-electron chi connectivity index (χ1n) is 8.28. The average Bonchev–Trinajstić information content (AvgIpc) is 2.49.